The van der Waals surface area contributed by atoms with Crippen molar-refractivity contribution in [2.45, 2.75) is 75.7 Å². The molecule has 0 radical (unpaired) electrons. The zero-order valence-electron chi connectivity index (χ0n) is 19.4. The van der Waals surface area contributed by atoms with Crippen LogP contribution < -0.4 is 10.6 Å². The third-order valence-electron chi connectivity index (χ3n) is 6.69. The summed E-state index contributed by atoms with van der Waals surface area (Å²) in [6, 6.07) is 0.659. The third-order valence-corrected chi connectivity index (χ3v) is 6.69. The summed E-state index contributed by atoms with van der Waals surface area (Å²) in [4.78, 5) is 52.2. The van der Waals surface area contributed by atoms with Crippen molar-refractivity contribution >= 4 is 23.7 Å². The molecular formula is C24H26F3N3O6. The van der Waals surface area contributed by atoms with Crippen molar-refractivity contribution in [1.29, 1.82) is 0 Å². The number of benzene rings is 1. The number of esters is 1. The number of cyclic esters (lactones) is 1. The summed E-state index contributed by atoms with van der Waals surface area (Å²) < 4.78 is 43.9. The average molecular weight is 509 g/mol. The van der Waals surface area contributed by atoms with E-state index in [0.29, 0.717) is 19.3 Å². The Morgan fingerprint density at radius 1 is 1.14 bits per heavy atom. The van der Waals surface area contributed by atoms with Gasteiger partial charge in [-0.05, 0) is 50.8 Å². The molecule has 0 aromatic heterocycles. The molecule has 3 aliphatic heterocycles. The lowest BCUT2D eigenvalue weighted by Gasteiger charge is -2.35. The summed E-state index contributed by atoms with van der Waals surface area (Å²) >= 11 is 0. The van der Waals surface area contributed by atoms with Crippen LogP contribution in [0, 0.1) is 0 Å². The van der Waals surface area contributed by atoms with Crippen molar-refractivity contribution in [2.24, 2.45) is 0 Å². The van der Waals surface area contributed by atoms with Gasteiger partial charge in [-0.25, -0.2) is 0 Å². The molecule has 1 aromatic carbocycles. The smallest absolute Gasteiger partial charge is 0.416 e. The van der Waals surface area contributed by atoms with Crippen molar-refractivity contribution in [3.8, 4) is 0 Å². The monoisotopic (exact) mass is 509 g/mol. The quantitative estimate of drug-likeness (QED) is 0.419. The van der Waals surface area contributed by atoms with Gasteiger partial charge in [-0.3, -0.25) is 19.2 Å². The molecule has 2 unspecified atom stereocenters. The predicted molar refractivity (Wildman–Crippen MR) is 118 cm³/mol. The molecule has 3 heterocycles. The van der Waals surface area contributed by atoms with Gasteiger partial charge in [0.05, 0.1) is 12.0 Å². The van der Waals surface area contributed by atoms with E-state index in [2.05, 4.69) is 15.4 Å². The zero-order chi connectivity index (χ0) is 26.2. The van der Waals surface area contributed by atoms with E-state index in [0.717, 1.165) is 23.8 Å². The van der Waals surface area contributed by atoms with Gasteiger partial charge in [-0.2, -0.15) is 13.2 Å². The van der Waals surface area contributed by atoms with Gasteiger partial charge in [-0.1, -0.05) is 17.7 Å². The Hall–Kier alpha value is -3.41. The molecule has 9 nitrogen and oxygen atoms in total. The van der Waals surface area contributed by atoms with Crippen molar-refractivity contribution in [3.05, 3.63) is 47.0 Å². The number of hydrogen-bond donors (Lipinski definition) is 3. The minimum atomic E-state index is -4.63. The van der Waals surface area contributed by atoms with Crippen LogP contribution in [0.1, 0.15) is 54.9 Å². The molecule has 0 aliphatic carbocycles. The molecule has 194 valence electrons. The summed E-state index contributed by atoms with van der Waals surface area (Å²) in [5.41, 5.74) is -0.280. The Kier molecular flexibility index (Phi) is 7.07. The Labute approximate surface area is 204 Å². The fourth-order valence-corrected chi connectivity index (χ4v) is 4.87. The van der Waals surface area contributed by atoms with Crippen LogP contribution in [0.15, 0.2) is 35.9 Å². The minimum Gasteiger partial charge on any atom is -0.434 e. The number of rotatable bonds is 4. The number of carbonyl (C=O) groups excluding carboxylic acids is 4. The summed E-state index contributed by atoms with van der Waals surface area (Å²) in [5, 5.41) is 14.9. The highest BCUT2D eigenvalue weighted by Crippen LogP contribution is 2.33. The standard InChI is InChI=1S/C24H26F3N3O6/c1-12-5-7-16(28-20(32)13-3-2-4-14(10-13)24(25,26)27)22(34)30-15(9-12)6-8-18(30)21(33)29-17-11-19(31)36-23(17)35/h2-5,10,15-18,23,35H,6-9,11H2,1H3,(H,28,32)(H,29,33)/t15-,16+,17?,18+,23?/m1/s1. The predicted octanol–water partition coefficient (Wildman–Crippen LogP) is 1.65. The Bertz CT molecular complexity index is 1100. The highest BCUT2D eigenvalue weighted by atomic mass is 19.4. The number of amides is 3. The van der Waals surface area contributed by atoms with Crippen molar-refractivity contribution in [2.75, 3.05) is 0 Å². The number of hydrogen-bond acceptors (Lipinski definition) is 6. The molecule has 36 heavy (non-hydrogen) atoms. The molecule has 5 atom stereocenters. The first kappa shape index (κ1) is 25.7. The molecule has 4 rings (SSSR count). The maximum absolute atomic E-state index is 13.5. The van der Waals surface area contributed by atoms with Crippen LogP contribution >= 0.6 is 0 Å². The summed E-state index contributed by atoms with van der Waals surface area (Å²) in [5.74, 6) is -2.58. The van der Waals surface area contributed by atoms with Gasteiger partial charge in [0, 0.05) is 11.6 Å². The first-order valence-corrected chi connectivity index (χ1v) is 11.6. The average Bonchev–Trinajstić information content (AvgIpc) is 3.36. The van der Waals surface area contributed by atoms with Gasteiger partial charge >= 0.3 is 12.1 Å². The van der Waals surface area contributed by atoms with E-state index in [4.69, 9.17) is 0 Å². The molecule has 0 bridgehead atoms. The van der Waals surface area contributed by atoms with Crippen LogP contribution in [0.5, 0.6) is 0 Å². The maximum Gasteiger partial charge on any atom is 0.416 e. The molecule has 1 aromatic rings. The highest BCUT2D eigenvalue weighted by Gasteiger charge is 2.45. The number of alkyl halides is 3. The second-order valence-corrected chi connectivity index (χ2v) is 9.29. The van der Waals surface area contributed by atoms with E-state index < -0.39 is 59.8 Å². The lowest BCUT2D eigenvalue weighted by molar-refractivity contribution is -0.155. The maximum atomic E-state index is 13.5. The lowest BCUT2D eigenvalue weighted by Crippen LogP contribution is -2.57. The van der Waals surface area contributed by atoms with E-state index in [-0.39, 0.29) is 24.4 Å². The first-order valence-electron chi connectivity index (χ1n) is 11.6. The van der Waals surface area contributed by atoms with Gasteiger partial charge in [0.25, 0.3) is 5.91 Å². The molecule has 12 heteroatoms. The molecule has 3 aliphatic rings. The van der Waals surface area contributed by atoms with E-state index in [1.165, 1.54) is 11.0 Å². The lowest BCUT2D eigenvalue weighted by atomic mass is 9.98. The molecule has 3 N–H and O–H groups in total. The minimum absolute atomic E-state index is 0.108. The van der Waals surface area contributed by atoms with Crippen molar-refractivity contribution < 1.29 is 42.2 Å². The Morgan fingerprint density at radius 2 is 1.89 bits per heavy atom. The van der Waals surface area contributed by atoms with Gasteiger partial charge in [0.1, 0.15) is 18.1 Å². The number of nitrogens with zero attached hydrogens (tertiary/aromatic N) is 1. The Balaban J connectivity index is 1.53. The number of nitrogens with one attached hydrogen (secondary N) is 2. The van der Waals surface area contributed by atoms with Crippen LogP contribution in [0.4, 0.5) is 13.2 Å². The number of ether oxygens (including phenoxy) is 1. The van der Waals surface area contributed by atoms with E-state index >= 15 is 0 Å². The zero-order valence-corrected chi connectivity index (χ0v) is 19.4. The second-order valence-electron chi connectivity index (χ2n) is 9.29. The van der Waals surface area contributed by atoms with Crippen molar-refractivity contribution in [1.82, 2.24) is 15.5 Å². The number of aliphatic hydroxyl groups is 1. The fraction of sp³-hybridized carbons (Fsp3) is 0.500. The second kappa shape index (κ2) is 9.92. The first-order chi connectivity index (χ1) is 16.9. The molecule has 2 saturated heterocycles. The van der Waals surface area contributed by atoms with Crippen LogP contribution in [0.25, 0.3) is 0 Å². The molecule has 0 spiro atoms. The number of carbonyl (C=O) groups is 4. The van der Waals surface area contributed by atoms with Gasteiger partial charge in [0.15, 0.2) is 0 Å². The molecule has 3 amide bonds. The van der Waals surface area contributed by atoms with Crippen LogP contribution in [0.2, 0.25) is 0 Å². The topological polar surface area (TPSA) is 125 Å². The van der Waals surface area contributed by atoms with E-state index in [9.17, 15) is 37.5 Å². The fourth-order valence-electron chi connectivity index (χ4n) is 4.87. The number of fused-ring (bicyclic) bond motifs is 1. The van der Waals surface area contributed by atoms with E-state index in [1.807, 2.05) is 6.92 Å². The highest BCUT2D eigenvalue weighted by molar-refractivity contribution is 5.99. The van der Waals surface area contributed by atoms with Crippen LogP contribution in [-0.4, -0.2) is 64.2 Å². The molecular weight excluding hydrogens is 483 g/mol. The van der Waals surface area contributed by atoms with Gasteiger partial charge < -0.3 is 25.4 Å². The number of halogens is 3. The summed E-state index contributed by atoms with van der Waals surface area (Å²) in [6.45, 7) is 1.87. The van der Waals surface area contributed by atoms with Crippen LogP contribution in [-0.2, 0) is 25.3 Å². The normalized spacial score (nSPS) is 28.5. The SMILES string of the molecule is CC1=CC[C@H](NC(=O)c2cccc(C(F)(F)F)c2)C(=O)N2[C@H](CC[C@H]2C(=O)NC2CC(=O)OC2O)C1. The third kappa shape index (κ3) is 5.38. The van der Waals surface area contributed by atoms with Crippen LogP contribution in [0.3, 0.4) is 0 Å². The summed E-state index contributed by atoms with van der Waals surface area (Å²) in [6.07, 6.45) is -3.02. The van der Waals surface area contributed by atoms with Crippen molar-refractivity contribution in [3.63, 3.8) is 0 Å². The van der Waals surface area contributed by atoms with Gasteiger partial charge in [-0.15, -0.1) is 0 Å². The van der Waals surface area contributed by atoms with Gasteiger partial charge in [0.2, 0.25) is 18.1 Å². The molecule has 0 saturated carbocycles. The van der Waals surface area contributed by atoms with E-state index in [1.54, 1.807) is 6.08 Å². The number of aliphatic hydroxyl groups excluding tert-OH is 1. The molecule has 2 fully saturated rings. The largest absolute Gasteiger partial charge is 0.434 e. The Morgan fingerprint density at radius 3 is 2.56 bits per heavy atom. The summed E-state index contributed by atoms with van der Waals surface area (Å²) in [7, 11) is 0.